The molecular formula is C26H31FN4OS. The van der Waals surface area contributed by atoms with Crippen LogP contribution in [-0.4, -0.2) is 54.0 Å². The first kappa shape index (κ1) is 21.4. The molecule has 1 saturated carbocycles. The molecule has 3 atom stereocenters. The summed E-state index contributed by atoms with van der Waals surface area (Å²) in [6, 6.07) is 7.39. The smallest absolute Gasteiger partial charge is 0.166 e. The molecular weight excluding hydrogens is 435 g/mol. The van der Waals surface area contributed by atoms with E-state index in [-0.39, 0.29) is 5.82 Å². The summed E-state index contributed by atoms with van der Waals surface area (Å²) in [5.41, 5.74) is 2.59. The zero-order valence-electron chi connectivity index (χ0n) is 19.1. The second-order valence-electron chi connectivity index (χ2n) is 10.1. The molecule has 3 aromatic rings. The molecule has 3 aliphatic rings. The highest BCUT2D eigenvalue weighted by Gasteiger charge is 2.41. The molecule has 0 radical (unpaired) electrons. The SMILES string of the molecule is Cc1ccc(F)cc1-c1nnc(N[C@H]2C[C@@H]3CN(CC4CCOCC4)C[C@@H]3C2)c2sccc12. The molecule has 33 heavy (non-hydrogen) atoms. The van der Waals surface area contributed by atoms with Gasteiger partial charge in [0.2, 0.25) is 0 Å². The summed E-state index contributed by atoms with van der Waals surface area (Å²) in [5.74, 6) is 3.01. The number of fused-ring (bicyclic) bond motifs is 2. The van der Waals surface area contributed by atoms with Gasteiger partial charge in [0.05, 0.1) is 4.70 Å². The van der Waals surface area contributed by atoms with Gasteiger partial charge in [-0.2, -0.15) is 0 Å². The van der Waals surface area contributed by atoms with Crippen molar-refractivity contribution in [1.29, 1.82) is 0 Å². The molecule has 0 amide bonds. The van der Waals surface area contributed by atoms with Crippen molar-refractivity contribution in [2.75, 3.05) is 38.2 Å². The van der Waals surface area contributed by atoms with Crippen molar-refractivity contribution in [1.82, 2.24) is 15.1 Å². The second kappa shape index (κ2) is 8.93. The largest absolute Gasteiger partial charge is 0.381 e. The Morgan fingerprint density at radius 3 is 2.70 bits per heavy atom. The molecule has 0 bridgehead atoms. The lowest BCUT2D eigenvalue weighted by Crippen LogP contribution is -2.32. The molecule has 7 heteroatoms. The molecule has 2 saturated heterocycles. The number of rotatable bonds is 5. The van der Waals surface area contributed by atoms with Gasteiger partial charge in [0.1, 0.15) is 11.5 Å². The Morgan fingerprint density at radius 1 is 1.12 bits per heavy atom. The van der Waals surface area contributed by atoms with Gasteiger partial charge in [-0.25, -0.2) is 4.39 Å². The molecule has 1 aliphatic carbocycles. The minimum absolute atomic E-state index is 0.244. The van der Waals surface area contributed by atoms with Crippen molar-refractivity contribution in [2.24, 2.45) is 17.8 Å². The van der Waals surface area contributed by atoms with Crippen LogP contribution in [0.3, 0.4) is 0 Å². The van der Waals surface area contributed by atoms with E-state index in [1.54, 1.807) is 23.5 Å². The van der Waals surface area contributed by atoms with E-state index in [0.717, 1.165) is 63.7 Å². The van der Waals surface area contributed by atoms with E-state index >= 15 is 0 Å². The Kier molecular flexibility index (Phi) is 5.80. The summed E-state index contributed by atoms with van der Waals surface area (Å²) in [6.07, 6.45) is 4.84. The first-order valence-electron chi connectivity index (χ1n) is 12.2. The van der Waals surface area contributed by atoms with Gasteiger partial charge in [0.15, 0.2) is 5.82 Å². The Labute approximate surface area is 198 Å². The number of likely N-dealkylation sites (tertiary alicyclic amines) is 1. The summed E-state index contributed by atoms with van der Waals surface area (Å²) in [7, 11) is 0. The number of nitrogens with one attached hydrogen (secondary N) is 1. The van der Waals surface area contributed by atoms with Gasteiger partial charge < -0.3 is 15.0 Å². The first-order chi connectivity index (χ1) is 16.1. The first-order valence-corrected chi connectivity index (χ1v) is 13.1. The van der Waals surface area contributed by atoms with E-state index in [2.05, 4.69) is 31.9 Å². The highest BCUT2D eigenvalue weighted by atomic mass is 32.1. The van der Waals surface area contributed by atoms with Crippen LogP contribution in [0.25, 0.3) is 21.3 Å². The standard InChI is InChI=1S/C26H31FN4OS/c1-16-2-3-20(27)12-23(16)24-22-6-9-33-25(22)26(30-29-24)28-21-10-18-14-31(15-19(18)11-21)13-17-4-7-32-8-5-17/h2-3,6,9,12,17-19,21H,4-5,7-8,10-11,13-15H2,1H3,(H,28,30)/t18-,19+,21+. The third kappa shape index (κ3) is 4.27. The van der Waals surface area contributed by atoms with E-state index in [9.17, 15) is 4.39 Å². The zero-order valence-corrected chi connectivity index (χ0v) is 19.9. The predicted octanol–water partition coefficient (Wildman–Crippen LogP) is 5.35. The van der Waals surface area contributed by atoms with Crippen LogP contribution in [0, 0.1) is 30.5 Å². The van der Waals surface area contributed by atoms with Crippen molar-refractivity contribution in [3.8, 4) is 11.3 Å². The van der Waals surface area contributed by atoms with Gasteiger partial charge in [0, 0.05) is 49.8 Å². The number of hydrogen-bond acceptors (Lipinski definition) is 6. The molecule has 3 fully saturated rings. The van der Waals surface area contributed by atoms with Gasteiger partial charge in [-0.1, -0.05) is 6.07 Å². The van der Waals surface area contributed by atoms with Crippen LogP contribution in [0.15, 0.2) is 29.6 Å². The highest BCUT2D eigenvalue weighted by molar-refractivity contribution is 7.17. The van der Waals surface area contributed by atoms with E-state index < -0.39 is 0 Å². The predicted molar refractivity (Wildman–Crippen MR) is 131 cm³/mol. The van der Waals surface area contributed by atoms with E-state index in [0.29, 0.717) is 6.04 Å². The quantitative estimate of drug-likeness (QED) is 0.549. The molecule has 4 heterocycles. The monoisotopic (exact) mass is 466 g/mol. The molecule has 0 spiro atoms. The Balaban J connectivity index is 1.14. The van der Waals surface area contributed by atoms with Crippen LogP contribution in [0.2, 0.25) is 0 Å². The molecule has 2 aromatic heterocycles. The molecule has 2 aliphatic heterocycles. The van der Waals surface area contributed by atoms with Gasteiger partial charge in [-0.15, -0.1) is 21.5 Å². The van der Waals surface area contributed by atoms with Crippen molar-refractivity contribution in [2.45, 2.75) is 38.6 Å². The highest BCUT2D eigenvalue weighted by Crippen LogP contribution is 2.41. The second-order valence-corrected chi connectivity index (χ2v) is 11.0. The Bertz CT molecular complexity index is 1130. The number of ether oxygens (including phenoxy) is 1. The maximum absolute atomic E-state index is 13.9. The lowest BCUT2D eigenvalue weighted by atomic mass is 10.00. The summed E-state index contributed by atoms with van der Waals surface area (Å²) < 4.78 is 20.5. The number of benzene rings is 1. The number of halogens is 1. The molecule has 1 N–H and O–H groups in total. The van der Waals surface area contributed by atoms with Crippen molar-refractivity contribution in [3.63, 3.8) is 0 Å². The summed E-state index contributed by atoms with van der Waals surface area (Å²) >= 11 is 1.68. The lowest BCUT2D eigenvalue weighted by molar-refractivity contribution is 0.0545. The topological polar surface area (TPSA) is 50.3 Å². The number of hydrogen-bond donors (Lipinski definition) is 1. The van der Waals surface area contributed by atoms with Crippen molar-refractivity contribution in [3.05, 3.63) is 41.0 Å². The van der Waals surface area contributed by atoms with Crippen LogP contribution in [-0.2, 0) is 4.74 Å². The van der Waals surface area contributed by atoms with Crippen LogP contribution >= 0.6 is 11.3 Å². The fraction of sp³-hybridized carbons (Fsp3) is 0.538. The minimum atomic E-state index is -0.244. The molecule has 1 aromatic carbocycles. The fourth-order valence-corrected chi connectivity index (χ4v) is 7.02. The van der Waals surface area contributed by atoms with E-state index in [1.807, 2.05) is 6.92 Å². The average Bonchev–Trinajstić information content (AvgIpc) is 3.52. The Hall–Kier alpha value is -2.09. The summed E-state index contributed by atoms with van der Waals surface area (Å²) in [4.78, 5) is 2.70. The number of thiophene rings is 1. The Morgan fingerprint density at radius 2 is 1.91 bits per heavy atom. The van der Waals surface area contributed by atoms with Crippen LogP contribution in [0.5, 0.6) is 0 Å². The molecule has 6 rings (SSSR count). The van der Waals surface area contributed by atoms with Gasteiger partial charge in [-0.3, -0.25) is 0 Å². The third-order valence-corrected chi connectivity index (χ3v) is 8.79. The van der Waals surface area contributed by atoms with Gasteiger partial charge in [0.25, 0.3) is 0 Å². The zero-order chi connectivity index (χ0) is 22.4. The van der Waals surface area contributed by atoms with E-state index in [1.165, 1.54) is 51.4 Å². The number of aryl methyl sites for hydroxylation is 1. The number of anilines is 1. The lowest BCUT2D eigenvalue weighted by Gasteiger charge is -2.27. The molecule has 5 nitrogen and oxygen atoms in total. The van der Waals surface area contributed by atoms with Crippen molar-refractivity contribution < 1.29 is 9.13 Å². The fourth-order valence-electron chi connectivity index (χ4n) is 6.17. The number of aromatic nitrogens is 2. The maximum atomic E-state index is 13.9. The summed E-state index contributed by atoms with van der Waals surface area (Å²) in [5, 5.41) is 16.0. The number of nitrogens with zero attached hydrogens (tertiary/aromatic N) is 3. The van der Waals surface area contributed by atoms with Crippen LogP contribution < -0.4 is 5.32 Å². The van der Waals surface area contributed by atoms with Crippen molar-refractivity contribution >= 4 is 27.2 Å². The minimum Gasteiger partial charge on any atom is -0.381 e. The van der Waals surface area contributed by atoms with Crippen LogP contribution in [0.4, 0.5) is 10.2 Å². The third-order valence-electron chi connectivity index (χ3n) is 7.86. The van der Waals surface area contributed by atoms with E-state index in [4.69, 9.17) is 4.74 Å². The van der Waals surface area contributed by atoms with Gasteiger partial charge >= 0.3 is 0 Å². The summed E-state index contributed by atoms with van der Waals surface area (Å²) in [6.45, 7) is 7.58. The molecule has 174 valence electrons. The molecule has 0 unspecified atom stereocenters. The normalized spacial score (nSPS) is 26.2. The van der Waals surface area contributed by atoms with Gasteiger partial charge in [-0.05, 0) is 79.5 Å². The average molecular weight is 467 g/mol. The maximum Gasteiger partial charge on any atom is 0.166 e. The van der Waals surface area contributed by atoms with Crippen LogP contribution in [0.1, 0.15) is 31.2 Å².